The molecule has 0 heterocycles. The van der Waals surface area contributed by atoms with Crippen molar-refractivity contribution < 1.29 is 22.0 Å². The summed E-state index contributed by atoms with van der Waals surface area (Å²) in [6.07, 6.45) is 4.30. The Balaban J connectivity index is 2.38. The Labute approximate surface area is 114 Å². The van der Waals surface area contributed by atoms with E-state index in [4.69, 9.17) is 0 Å². The molecule has 1 aromatic rings. The van der Waals surface area contributed by atoms with Gasteiger partial charge in [-0.05, 0) is 19.4 Å². The van der Waals surface area contributed by atoms with Crippen molar-refractivity contribution in [3.05, 3.63) is 34.6 Å². The monoisotopic (exact) mass is 293 g/mol. The molecule has 2 rings (SSSR count). The fourth-order valence-electron chi connectivity index (χ4n) is 2.89. The molecule has 1 aliphatic rings. The van der Waals surface area contributed by atoms with Crippen molar-refractivity contribution in [2.75, 3.05) is 7.05 Å². The molecule has 1 unspecified atom stereocenters. The van der Waals surface area contributed by atoms with Crippen LogP contribution in [0.15, 0.2) is 0 Å². The van der Waals surface area contributed by atoms with E-state index in [9.17, 15) is 22.0 Å². The molecule has 0 aliphatic heterocycles. The first-order chi connectivity index (χ1) is 9.47. The summed E-state index contributed by atoms with van der Waals surface area (Å²) in [6, 6.07) is -0.873. The summed E-state index contributed by atoms with van der Waals surface area (Å²) in [5.74, 6) is -9.10. The molecule has 20 heavy (non-hydrogen) atoms. The number of rotatable bonds is 4. The smallest absolute Gasteiger partial charge is 0.200 e. The SMILES string of the molecule is CNC(CC1CCCC1)c1c(F)c(F)c(F)c(F)c1F. The molecule has 0 bridgehead atoms. The van der Waals surface area contributed by atoms with Crippen LogP contribution in [0, 0.1) is 35.0 Å². The summed E-state index contributed by atoms with van der Waals surface area (Å²) < 4.78 is 67.0. The first-order valence-corrected chi connectivity index (χ1v) is 6.66. The Hall–Kier alpha value is -1.17. The molecule has 0 radical (unpaired) electrons. The summed E-state index contributed by atoms with van der Waals surface area (Å²) in [7, 11) is 1.46. The zero-order valence-electron chi connectivity index (χ0n) is 11.1. The van der Waals surface area contributed by atoms with Crippen LogP contribution in [-0.4, -0.2) is 7.05 Å². The Kier molecular flexibility index (Phi) is 4.62. The van der Waals surface area contributed by atoms with Crippen molar-refractivity contribution in [2.45, 2.75) is 38.1 Å². The maximum Gasteiger partial charge on any atom is 0.200 e. The molecule has 0 aromatic heterocycles. The standard InChI is InChI=1S/C14H16F5N/c1-20-8(6-7-4-2-3-5-7)9-10(15)12(17)14(19)13(18)11(9)16/h7-8,20H,2-6H2,1H3. The van der Waals surface area contributed by atoms with E-state index >= 15 is 0 Å². The van der Waals surface area contributed by atoms with E-state index in [0.717, 1.165) is 25.7 Å². The number of hydrogen-bond donors (Lipinski definition) is 1. The summed E-state index contributed by atoms with van der Waals surface area (Å²) >= 11 is 0. The molecule has 112 valence electrons. The third kappa shape index (κ3) is 2.66. The van der Waals surface area contributed by atoms with Crippen LogP contribution in [0.25, 0.3) is 0 Å². The fraction of sp³-hybridized carbons (Fsp3) is 0.571. The van der Waals surface area contributed by atoms with E-state index in [1.165, 1.54) is 7.05 Å². The van der Waals surface area contributed by atoms with Crippen LogP contribution in [0.2, 0.25) is 0 Å². The topological polar surface area (TPSA) is 12.0 Å². The minimum Gasteiger partial charge on any atom is -0.313 e. The van der Waals surface area contributed by atoms with Crippen molar-refractivity contribution in [3.8, 4) is 0 Å². The van der Waals surface area contributed by atoms with Crippen molar-refractivity contribution in [3.63, 3.8) is 0 Å². The van der Waals surface area contributed by atoms with Gasteiger partial charge in [-0.2, -0.15) is 0 Å². The third-order valence-corrected chi connectivity index (χ3v) is 3.98. The lowest BCUT2D eigenvalue weighted by Gasteiger charge is -2.22. The van der Waals surface area contributed by atoms with E-state index in [-0.39, 0.29) is 5.92 Å². The van der Waals surface area contributed by atoms with E-state index < -0.39 is 40.7 Å². The molecular weight excluding hydrogens is 277 g/mol. The molecule has 1 aromatic carbocycles. The van der Waals surface area contributed by atoms with Gasteiger partial charge in [0.2, 0.25) is 5.82 Å². The fourth-order valence-corrected chi connectivity index (χ4v) is 2.89. The van der Waals surface area contributed by atoms with Gasteiger partial charge in [0, 0.05) is 11.6 Å². The Morgan fingerprint density at radius 2 is 1.35 bits per heavy atom. The molecule has 1 atom stereocenters. The van der Waals surface area contributed by atoms with Gasteiger partial charge in [0.05, 0.1) is 0 Å². The predicted octanol–water partition coefficient (Wildman–Crippen LogP) is 4.22. The van der Waals surface area contributed by atoms with Crippen molar-refractivity contribution in [1.82, 2.24) is 5.32 Å². The van der Waals surface area contributed by atoms with E-state index in [1.54, 1.807) is 0 Å². The van der Waals surface area contributed by atoms with Crippen molar-refractivity contribution >= 4 is 0 Å². The number of benzene rings is 1. The van der Waals surface area contributed by atoms with Gasteiger partial charge in [-0.15, -0.1) is 0 Å². The number of halogens is 5. The van der Waals surface area contributed by atoms with Gasteiger partial charge in [0.1, 0.15) is 0 Å². The Morgan fingerprint density at radius 1 is 0.900 bits per heavy atom. The van der Waals surface area contributed by atoms with Crippen LogP contribution in [-0.2, 0) is 0 Å². The molecular formula is C14H16F5N. The largest absolute Gasteiger partial charge is 0.313 e. The quantitative estimate of drug-likeness (QED) is 0.498. The summed E-state index contributed by atoms with van der Waals surface area (Å²) in [5, 5.41) is 2.67. The van der Waals surface area contributed by atoms with Crippen molar-refractivity contribution in [1.29, 1.82) is 0 Å². The van der Waals surface area contributed by atoms with Crippen LogP contribution in [0.3, 0.4) is 0 Å². The van der Waals surface area contributed by atoms with E-state index in [0.29, 0.717) is 6.42 Å². The molecule has 6 heteroatoms. The maximum atomic E-state index is 13.8. The van der Waals surface area contributed by atoms with E-state index in [2.05, 4.69) is 5.32 Å². The van der Waals surface area contributed by atoms with Gasteiger partial charge >= 0.3 is 0 Å². The predicted molar refractivity (Wildman–Crippen MR) is 64.6 cm³/mol. The summed E-state index contributed by atoms with van der Waals surface area (Å²) in [4.78, 5) is 0. The molecule has 1 nitrogen and oxygen atoms in total. The highest BCUT2D eigenvalue weighted by molar-refractivity contribution is 5.27. The molecule has 0 saturated heterocycles. The second kappa shape index (κ2) is 6.08. The molecule has 1 aliphatic carbocycles. The second-order valence-corrected chi connectivity index (χ2v) is 5.21. The van der Waals surface area contributed by atoms with Crippen LogP contribution in [0.4, 0.5) is 22.0 Å². The lowest BCUT2D eigenvalue weighted by atomic mass is 9.92. The second-order valence-electron chi connectivity index (χ2n) is 5.21. The van der Waals surface area contributed by atoms with Gasteiger partial charge in [-0.1, -0.05) is 25.7 Å². The molecule has 1 fully saturated rings. The van der Waals surface area contributed by atoms with Gasteiger partial charge in [0.15, 0.2) is 23.3 Å². The molecule has 0 amide bonds. The lowest BCUT2D eigenvalue weighted by Crippen LogP contribution is -2.23. The zero-order valence-corrected chi connectivity index (χ0v) is 11.1. The maximum absolute atomic E-state index is 13.8. The van der Waals surface area contributed by atoms with Crippen LogP contribution in [0.1, 0.15) is 43.7 Å². The van der Waals surface area contributed by atoms with Gasteiger partial charge in [-0.3, -0.25) is 0 Å². The molecule has 1 N–H and O–H groups in total. The number of hydrogen-bond acceptors (Lipinski definition) is 1. The van der Waals surface area contributed by atoms with Gasteiger partial charge < -0.3 is 5.32 Å². The Morgan fingerprint density at radius 3 is 1.80 bits per heavy atom. The van der Waals surface area contributed by atoms with Gasteiger partial charge in [-0.25, -0.2) is 22.0 Å². The third-order valence-electron chi connectivity index (χ3n) is 3.98. The van der Waals surface area contributed by atoms with Crippen molar-refractivity contribution in [2.24, 2.45) is 5.92 Å². The zero-order chi connectivity index (χ0) is 14.9. The summed E-state index contributed by atoms with van der Waals surface area (Å²) in [5.41, 5.74) is -0.754. The van der Waals surface area contributed by atoms with Crippen LogP contribution >= 0.6 is 0 Å². The molecule has 1 saturated carbocycles. The normalized spacial score (nSPS) is 17.7. The highest BCUT2D eigenvalue weighted by Crippen LogP contribution is 2.36. The average molecular weight is 293 g/mol. The minimum atomic E-state index is -2.11. The minimum absolute atomic E-state index is 0.252. The first kappa shape index (κ1) is 15.2. The van der Waals surface area contributed by atoms with Crippen LogP contribution in [0.5, 0.6) is 0 Å². The highest BCUT2D eigenvalue weighted by atomic mass is 19.2. The first-order valence-electron chi connectivity index (χ1n) is 6.66. The average Bonchev–Trinajstić information content (AvgIpc) is 2.95. The highest BCUT2D eigenvalue weighted by Gasteiger charge is 2.31. The number of nitrogens with one attached hydrogen (secondary N) is 1. The van der Waals surface area contributed by atoms with E-state index in [1.807, 2.05) is 0 Å². The van der Waals surface area contributed by atoms with Gasteiger partial charge in [0.25, 0.3) is 0 Å². The van der Waals surface area contributed by atoms with Crippen LogP contribution < -0.4 is 5.32 Å². The molecule has 0 spiro atoms. The Bertz CT molecular complexity index is 468. The lowest BCUT2D eigenvalue weighted by molar-refractivity contribution is 0.340. The summed E-state index contributed by atoms with van der Waals surface area (Å²) in [6.45, 7) is 0.